The number of rotatable bonds is 2. The van der Waals surface area contributed by atoms with E-state index in [9.17, 15) is 0 Å². The highest BCUT2D eigenvalue weighted by atomic mass is 16.7. The van der Waals surface area contributed by atoms with Gasteiger partial charge in [-0.2, -0.15) is 0 Å². The van der Waals surface area contributed by atoms with Crippen LogP contribution in [0.5, 0.6) is 0 Å². The third kappa shape index (κ3) is 2.51. The van der Waals surface area contributed by atoms with E-state index in [1.807, 2.05) is 6.07 Å². The third-order valence-corrected chi connectivity index (χ3v) is 3.65. The lowest BCUT2D eigenvalue weighted by atomic mass is 9.98. The largest absolute Gasteiger partial charge is 0.349 e. The first-order chi connectivity index (χ1) is 8.43. The van der Waals surface area contributed by atoms with E-state index < -0.39 is 0 Å². The van der Waals surface area contributed by atoms with Crippen molar-refractivity contribution in [3.63, 3.8) is 0 Å². The minimum atomic E-state index is 0.00214. The lowest BCUT2D eigenvalue weighted by molar-refractivity contribution is -0.103. The first-order valence-corrected chi connectivity index (χ1v) is 6.46. The summed E-state index contributed by atoms with van der Waals surface area (Å²) in [5.41, 5.74) is 1.23. The van der Waals surface area contributed by atoms with E-state index in [1.165, 1.54) is 5.56 Å². The predicted octanol–water partition coefficient (Wildman–Crippen LogP) is 2.10. The van der Waals surface area contributed by atoms with E-state index in [4.69, 9.17) is 9.47 Å². The number of nitrogens with one attached hydrogen (secondary N) is 1. The van der Waals surface area contributed by atoms with Crippen LogP contribution < -0.4 is 5.32 Å². The summed E-state index contributed by atoms with van der Waals surface area (Å²) >= 11 is 0. The fraction of sp³-hybridized carbons (Fsp3) is 0.571. The summed E-state index contributed by atoms with van der Waals surface area (Å²) in [5, 5.41) is 3.37. The molecule has 2 saturated heterocycles. The fourth-order valence-corrected chi connectivity index (χ4v) is 2.63. The quantitative estimate of drug-likeness (QED) is 0.848. The maximum Gasteiger partial charge on any atom is 0.161 e. The van der Waals surface area contributed by atoms with Gasteiger partial charge in [0, 0.05) is 5.92 Å². The van der Waals surface area contributed by atoms with Gasteiger partial charge in [0.2, 0.25) is 0 Å². The van der Waals surface area contributed by atoms with E-state index in [0.717, 1.165) is 25.9 Å². The molecule has 17 heavy (non-hydrogen) atoms. The van der Waals surface area contributed by atoms with Crippen LogP contribution in [0.3, 0.4) is 0 Å². The Morgan fingerprint density at radius 3 is 2.59 bits per heavy atom. The smallest absolute Gasteiger partial charge is 0.161 e. The van der Waals surface area contributed by atoms with Crippen LogP contribution >= 0.6 is 0 Å². The summed E-state index contributed by atoms with van der Waals surface area (Å²) < 4.78 is 11.8. The molecule has 2 fully saturated rings. The van der Waals surface area contributed by atoms with Crippen molar-refractivity contribution in [2.45, 2.75) is 25.2 Å². The van der Waals surface area contributed by atoms with Gasteiger partial charge in [-0.05, 0) is 31.5 Å². The molecule has 3 nitrogen and oxygen atoms in total. The van der Waals surface area contributed by atoms with Crippen molar-refractivity contribution in [1.29, 1.82) is 0 Å². The van der Waals surface area contributed by atoms with Gasteiger partial charge in [-0.1, -0.05) is 30.3 Å². The van der Waals surface area contributed by atoms with Crippen LogP contribution in [0.4, 0.5) is 0 Å². The van der Waals surface area contributed by atoms with Crippen LogP contribution in [0.1, 0.15) is 24.5 Å². The fourth-order valence-electron chi connectivity index (χ4n) is 2.63. The number of ether oxygens (including phenoxy) is 2. The van der Waals surface area contributed by atoms with Gasteiger partial charge in [0.15, 0.2) is 6.29 Å². The van der Waals surface area contributed by atoms with Gasteiger partial charge in [0.25, 0.3) is 0 Å². The van der Waals surface area contributed by atoms with E-state index in [-0.39, 0.29) is 12.4 Å². The monoisotopic (exact) mass is 233 g/mol. The van der Waals surface area contributed by atoms with Gasteiger partial charge < -0.3 is 14.8 Å². The maximum absolute atomic E-state index is 6.04. The van der Waals surface area contributed by atoms with Gasteiger partial charge in [-0.3, -0.25) is 0 Å². The van der Waals surface area contributed by atoms with Crippen molar-refractivity contribution >= 4 is 0 Å². The number of hydrogen-bond donors (Lipinski definition) is 1. The van der Waals surface area contributed by atoms with E-state index in [2.05, 4.69) is 29.6 Å². The Balaban J connectivity index is 1.61. The molecule has 2 aliphatic rings. The molecule has 0 aromatic heterocycles. The Bertz CT molecular complexity index is 348. The Labute approximate surface area is 102 Å². The Morgan fingerprint density at radius 2 is 1.82 bits per heavy atom. The zero-order chi connectivity index (χ0) is 11.5. The summed E-state index contributed by atoms with van der Waals surface area (Å²) in [6.07, 6.45) is 2.44. The Hall–Kier alpha value is -0.900. The van der Waals surface area contributed by atoms with Gasteiger partial charge in [0.05, 0.1) is 6.61 Å². The minimum absolute atomic E-state index is 0.00214. The molecule has 2 atom stereocenters. The number of benzene rings is 1. The Morgan fingerprint density at radius 1 is 1.06 bits per heavy atom. The summed E-state index contributed by atoms with van der Waals surface area (Å²) in [7, 11) is 0. The van der Waals surface area contributed by atoms with Gasteiger partial charge in [-0.25, -0.2) is 0 Å². The first kappa shape index (κ1) is 11.2. The van der Waals surface area contributed by atoms with Crippen molar-refractivity contribution in [2.75, 3.05) is 19.7 Å². The minimum Gasteiger partial charge on any atom is -0.349 e. The van der Waals surface area contributed by atoms with E-state index in [1.54, 1.807) is 0 Å². The molecule has 0 radical (unpaired) electrons. The number of hydrogen-bond acceptors (Lipinski definition) is 3. The molecule has 3 rings (SSSR count). The molecule has 1 aromatic carbocycles. The standard InChI is InChI=1S/C14H19NO2/c1-2-4-11(5-3-1)13-10-16-14(17-13)12-6-8-15-9-7-12/h1-5,12-15H,6-10H2. The molecular formula is C14H19NO2. The SMILES string of the molecule is c1ccc(C2COC(C3CCNCC3)O2)cc1. The zero-order valence-electron chi connectivity index (χ0n) is 9.97. The molecule has 1 N–H and O–H groups in total. The highest BCUT2D eigenvalue weighted by Crippen LogP contribution is 2.32. The zero-order valence-corrected chi connectivity index (χ0v) is 9.97. The van der Waals surface area contributed by atoms with Crippen molar-refractivity contribution in [3.05, 3.63) is 35.9 Å². The molecule has 0 amide bonds. The summed E-state index contributed by atoms with van der Waals surface area (Å²) in [6, 6.07) is 10.4. The number of piperidine rings is 1. The molecule has 1 aromatic rings. The normalized spacial score (nSPS) is 30.6. The third-order valence-electron chi connectivity index (χ3n) is 3.65. The highest BCUT2D eigenvalue weighted by Gasteiger charge is 2.33. The topological polar surface area (TPSA) is 30.5 Å². The van der Waals surface area contributed by atoms with Crippen LogP contribution in [0.25, 0.3) is 0 Å². The van der Waals surface area contributed by atoms with Gasteiger partial charge in [-0.15, -0.1) is 0 Å². The second-order valence-electron chi connectivity index (χ2n) is 4.82. The highest BCUT2D eigenvalue weighted by molar-refractivity contribution is 5.18. The second kappa shape index (κ2) is 5.17. The summed E-state index contributed by atoms with van der Waals surface area (Å²) in [6.45, 7) is 2.87. The molecule has 2 aliphatic heterocycles. The molecule has 2 heterocycles. The summed E-state index contributed by atoms with van der Waals surface area (Å²) in [5.74, 6) is 0.560. The van der Waals surface area contributed by atoms with Crippen LogP contribution in [-0.2, 0) is 9.47 Å². The molecule has 0 aliphatic carbocycles. The molecule has 2 unspecified atom stereocenters. The van der Waals surface area contributed by atoms with Crippen molar-refractivity contribution in [1.82, 2.24) is 5.32 Å². The van der Waals surface area contributed by atoms with Crippen LogP contribution in [0.15, 0.2) is 30.3 Å². The van der Waals surface area contributed by atoms with Crippen molar-refractivity contribution in [3.8, 4) is 0 Å². The summed E-state index contributed by atoms with van der Waals surface area (Å²) in [4.78, 5) is 0. The van der Waals surface area contributed by atoms with Crippen molar-refractivity contribution < 1.29 is 9.47 Å². The van der Waals surface area contributed by atoms with Gasteiger partial charge in [0.1, 0.15) is 6.10 Å². The van der Waals surface area contributed by atoms with Crippen LogP contribution in [0.2, 0.25) is 0 Å². The van der Waals surface area contributed by atoms with Crippen LogP contribution in [0, 0.1) is 5.92 Å². The first-order valence-electron chi connectivity index (χ1n) is 6.46. The Kier molecular flexibility index (Phi) is 3.41. The molecule has 92 valence electrons. The molecular weight excluding hydrogens is 214 g/mol. The average molecular weight is 233 g/mol. The molecule has 0 bridgehead atoms. The van der Waals surface area contributed by atoms with E-state index >= 15 is 0 Å². The molecule has 0 spiro atoms. The average Bonchev–Trinajstić information content (AvgIpc) is 2.90. The maximum atomic E-state index is 6.04. The van der Waals surface area contributed by atoms with Gasteiger partial charge >= 0.3 is 0 Å². The lowest BCUT2D eigenvalue weighted by Crippen LogP contribution is -2.34. The van der Waals surface area contributed by atoms with Crippen LogP contribution in [-0.4, -0.2) is 26.0 Å². The van der Waals surface area contributed by atoms with E-state index in [0.29, 0.717) is 12.5 Å². The van der Waals surface area contributed by atoms with Crippen molar-refractivity contribution in [2.24, 2.45) is 5.92 Å². The molecule has 3 heteroatoms. The second-order valence-corrected chi connectivity index (χ2v) is 4.82. The molecule has 0 saturated carbocycles. The predicted molar refractivity (Wildman–Crippen MR) is 65.6 cm³/mol. The lowest BCUT2D eigenvalue weighted by Gasteiger charge is -2.26.